The first kappa shape index (κ1) is 39.2. The van der Waals surface area contributed by atoms with Gasteiger partial charge in [0.2, 0.25) is 0 Å². The Morgan fingerprint density at radius 3 is 1.38 bits per heavy atom. The minimum Gasteiger partial charge on any atom is -0.478 e. The van der Waals surface area contributed by atoms with Crippen molar-refractivity contribution in [3.05, 3.63) is 83.2 Å². The van der Waals surface area contributed by atoms with Crippen molar-refractivity contribution in [2.75, 3.05) is 13.1 Å². The highest BCUT2D eigenvalue weighted by molar-refractivity contribution is 5.89. The average Bonchev–Trinajstić information content (AvgIpc) is 3.63. The van der Waals surface area contributed by atoms with E-state index in [0.29, 0.717) is 49.5 Å². The maximum absolute atomic E-state index is 10.2. The van der Waals surface area contributed by atoms with Gasteiger partial charge in [0, 0.05) is 71.0 Å². The fourth-order valence-corrected chi connectivity index (χ4v) is 4.56. The van der Waals surface area contributed by atoms with E-state index in [1.165, 1.54) is 0 Å². The molecule has 4 aromatic rings. The smallest absolute Gasteiger partial charge is 0.328 e. The number of hydrogen-bond acceptors (Lipinski definition) is 8. The molecule has 0 spiro atoms. The number of H-pyrrole nitrogens is 2. The highest BCUT2D eigenvalue weighted by atomic mass is 16.4. The highest BCUT2D eigenvalue weighted by Gasteiger charge is 2.16. The zero-order valence-corrected chi connectivity index (χ0v) is 28.3. The highest BCUT2D eigenvalue weighted by Crippen LogP contribution is 2.22. The van der Waals surface area contributed by atoms with Gasteiger partial charge >= 0.3 is 11.9 Å². The fraction of sp³-hybridized carbons (Fsp3) is 0.389. The third-order valence-electron chi connectivity index (χ3n) is 6.77. The molecule has 2 heterocycles. The predicted molar refractivity (Wildman–Crippen MR) is 185 cm³/mol. The van der Waals surface area contributed by atoms with E-state index in [-0.39, 0.29) is 11.1 Å². The Labute approximate surface area is 280 Å². The average molecular weight is 659 g/mol. The lowest BCUT2D eigenvalue weighted by molar-refractivity contribution is -0.134. The van der Waals surface area contributed by atoms with Crippen LogP contribution in [0.4, 0.5) is 0 Å². The van der Waals surface area contributed by atoms with E-state index in [9.17, 15) is 19.8 Å². The fourth-order valence-electron chi connectivity index (χ4n) is 4.56. The van der Waals surface area contributed by atoms with E-state index in [2.05, 4.69) is 74.3 Å². The van der Waals surface area contributed by atoms with Crippen molar-refractivity contribution in [2.45, 2.75) is 77.7 Å². The molecule has 0 unspecified atom stereocenters. The second-order valence-corrected chi connectivity index (χ2v) is 13.3. The molecule has 0 saturated heterocycles. The van der Waals surface area contributed by atoms with E-state index < -0.39 is 24.1 Å². The van der Waals surface area contributed by atoms with E-state index in [1.54, 1.807) is 0 Å². The first-order valence-electron chi connectivity index (χ1n) is 15.4. The van der Waals surface area contributed by atoms with Crippen molar-refractivity contribution in [3.63, 3.8) is 0 Å². The lowest BCUT2D eigenvalue weighted by Crippen LogP contribution is -2.41. The van der Waals surface area contributed by atoms with Crippen LogP contribution in [-0.4, -0.2) is 78.7 Å². The van der Waals surface area contributed by atoms with Gasteiger partial charge in [-0.3, -0.25) is 0 Å². The van der Waals surface area contributed by atoms with Crippen molar-refractivity contribution in [3.8, 4) is 12.1 Å². The van der Waals surface area contributed by atoms with Crippen LogP contribution in [-0.2, 0) is 22.4 Å². The molecule has 0 aliphatic heterocycles. The first-order valence-corrected chi connectivity index (χ1v) is 15.4. The third-order valence-corrected chi connectivity index (χ3v) is 6.77. The summed E-state index contributed by atoms with van der Waals surface area (Å²) in [5, 5.41) is 62.4. The van der Waals surface area contributed by atoms with Gasteiger partial charge in [-0.2, -0.15) is 10.5 Å². The third kappa shape index (κ3) is 14.2. The lowest BCUT2D eigenvalue weighted by atomic mass is 10.0. The molecule has 0 radical (unpaired) electrons. The largest absolute Gasteiger partial charge is 0.478 e. The van der Waals surface area contributed by atoms with Gasteiger partial charge < -0.3 is 41.0 Å². The van der Waals surface area contributed by atoms with Crippen molar-refractivity contribution in [1.82, 2.24) is 20.6 Å². The summed E-state index contributed by atoms with van der Waals surface area (Å²) in [6.45, 7) is 13.6. The Balaban J connectivity index is 0.000000274. The molecule has 48 heavy (non-hydrogen) atoms. The number of aliphatic hydroxyl groups is 2. The number of aromatic amines is 2. The van der Waals surface area contributed by atoms with Crippen LogP contribution in [0.3, 0.4) is 0 Å². The number of β-amino-alcohol motifs (C(OH)–C–C–N with tert-alkyl or cyclic N) is 2. The van der Waals surface area contributed by atoms with Crippen LogP contribution in [0.15, 0.2) is 60.7 Å². The summed E-state index contributed by atoms with van der Waals surface area (Å²) in [6.07, 6.45) is 1.37. The number of rotatable bonds is 10. The predicted octanol–water partition coefficient (Wildman–Crippen LogP) is 4.37. The molecule has 256 valence electrons. The zero-order valence-electron chi connectivity index (χ0n) is 28.3. The van der Waals surface area contributed by atoms with Gasteiger partial charge in [0.1, 0.15) is 23.5 Å². The number of carboxylic acids is 2. The number of carboxylic acid groups (broad SMARTS) is 2. The first-order chi connectivity index (χ1) is 22.4. The van der Waals surface area contributed by atoms with Crippen LogP contribution in [0, 0.1) is 22.7 Å². The minimum absolute atomic E-state index is 0.00491. The van der Waals surface area contributed by atoms with Crippen LogP contribution in [0.5, 0.6) is 0 Å². The summed E-state index contributed by atoms with van der Waals surface area (Å²) in [6, 6.07) is 19.7. The summed E-state index contributed by atoms with van der Waals surface area (Å²) in [5.41, 5.74) is 5.09. The number of aromatic nitrogens is 2. The Kier molecular flexibility index (Phi) is 14.5. The van der Waals surface area contributed by atoms with Crippen LogP contribution in [0.1, 0.15) is 64.1 Å². The number of benzene rings is 2. The Hall–Kier alpha value is -4.98. The topological polar surface area (TPSA) is 218 Å². The normalized spacial score (nSPS) is 12.7. The van der Waals surface area contributed by atoms with Gasteiger partial charge in [-0.15, -0.1) is 0 Å². The molecule has 0 aliphatic carbocycles. The summed E-state index contributed by atoms with van der Waals surface area (Å²) in [7, 11) is 0. The summed E-state index contributed by atoms with van der Waals surface area (Å²) in [5.74, 6) is -2.51. The van der Waals surface area contributed by atoms with Crippen molar-refractivity contribution >= 4 is 33.7 Å². The minimum atomic E-state index is -1.26. The van der Waals surface area contributed by atoms with E-state index in [4.69, 9.17) is 20.7 Å². The van der Waals surface area contributed by atoms with Crippen LogP contribution in [0.2, 0.25) is 0 Å². The number of nitrogens with one attached hydrogen (secondary N) is 4. The molecular weight excluding hydrogens is 612 g/mol. The molecule has 12 nitrogen and oxygen atoms in total. The van der Waals surface area contributed by atoms with Crippen molar-refractivity contribution in [2.24, 2.45) is 0 Å². The number of carbonyl (C=O) groups is 2. The summed E-state index contributed by atoms with van der Waals surface area (Å²) < 4.78 is 0. The Bertz CT molecular complexity index is 1650. The molecule has 8 N–H and O–H groups in total. The van der Waals surface area contributed by atoms with Crippen molar-refractivity contribution < 1.29 is 30.0 Å². The Morgan fingerprint density at radius 2 is 1.08 bits per heavy atom. The summed E-state index contributed by atoms with van der Waals surface area (Å²) >= 11 is 0. The molecule has 2 aromatic heterocycles. The number of aliphatic carboxylic acids is 2. The molecule has 12 heteroatoms. The molecule has 0 aliphatic rings. The lowest BCUT2D eigenvalue weighted by Gasteiger charge is -2.23. The van der Waals surface area contributed by atoms with Crippen LogP contribution < -0.4 is 10.6 Å². The second-order valence-electron chi connectivity index (χ2n) is 13.3. The molecule has 0 amide bonds. The monoisotopic (exact) mass is 658 g/mol. The molecule has 4 rings (SSSR count). The van der Waals surface area contributed by atoms with E-state index in [0.717, 1.165) is 32.9 Å². The van der Waals surface area contributed by atoms with Crippen molar-refractivity contribution in [1.29, 1.82) is 10.5 Å². The number of aliphatic hydroxyl groups excluding tert-OH is 2. The van der Waals surface area contributed by atoms with Gasteiger partial charge in [0.05, 0.1) is 12.2 Å². The van der Waals surface area contributed by atoms with Gasteiger partial charge in [-0.1, -0.05) is 24.3 Å². The zero-order chi connectivity index (χ0) is 36.1. The van der Waals surface area contributed by atoms with Crippen LogP contribution in [0.25, 0.3) is 21.8 Å². The molecule has 0 bridgehead atoms. The maximum atomic E-state index is 10.2. The standard InChI is InChI=1S/2C16H21N3O.C4H4O4/c2*1-16(2,3)18-10-13(20)7-11-5-4-6-15-14(11)8-12(9-17)19-15;5-3(6)1-2-4(7)8/h2*4-6,8,13,18-20H,7,10H2,1-3H3;1-2H,(H,5,6)(H,7,8)/b;;2-1+/t2*13-;/m00./s1. The summed E-state index contributed by atoms with van der Waals surface area (Å²) in [4.78, 5) is 25.2. The number of fused-ring (bicyclic) bond motifs is 2. The number of hydrogen-bond donors (Lipinski definition) is 8. The molecule has 0 fully saturated rings. The molecule has 0 saturated carbocycles. The van der Waals surface area contributed by atoms with Crippen LogP contribution >= 0.6 is 0 Å². The molecule has 2 atom stereocenters. The van der Waals surface area contributed by atoms with E-state index in [1.807, 2.05) is 48.5 Å². The van der Waals surface area contributed by atoms with Gasteiger partial charge in [-0.25, -0.2) is 9.59 Å². The van der Waals surface area contributed by atoms with Gasteiger partial charge in [0.25, 0.3) is 0 Å². The van der Waals surface area contributed by atoms with E-state index >= 15 is 0 Å². The van der Waals surface area contributed by atoms with Gasteiger partial charge in [0.15, 0.2) is 0 Å². The number of nitrogens with zero attached hydrogens (tertiary/aromatic N) is 2. The molecular formula is C36H46N6O6. The van der Waals surface area contributed by atoms with Gasteiger partial charge in [-0.05, 0) is 76.9 Å². The Morgan fingerprint density at radius 1 is 0.729 bits per heavy atom. The quantitative estimate of drug-likeness (QED) is 0.112. The molecule has 2 aromatic carbocycles. The number of nitriles is 2. The maximum Gasteiger partial charge on any atom is 0.328 e. The SMILES string of the molecule is CC(C)(C)NC[C@@H](O)Cc1cccc2[nH]c(C#N)cc12.CC(C)(C)NC[C@@H](O)Cc1cccc2[nH]c(C#N)cc12.O=C(O)/C=C/C(=O)O. The second kappa shape index (κ2) is 17.8.